The Morgan fingerprint density at radius 2 is 1.48 bits per heavy atom. The number of carbonyl (C=O) groups is 1. The average Bonchev–Trinajstić information content (AvgIpc) is 2.56. The highest BCUT2D eigenvalue weighted by Gasteiger charge is 2.15. The van der Waals surface area contributed by atoms with Gasteiger partial charge in [-0.2, -0.15) is 0 Å². The number of hydrogen-bond donors (Lipinski definition) is 4. The molecule has 136 valence electrons. The molecule has 0 aliphatic rings. The van der Waals surface area contributed by atoms with Crippen LogP contribution in [0.4, 0.5) is 11.4 Å². The molecule has 0 atom stereocenters. The zero-order chi connectivity index (χ0) is 19.1. The fraction of sp³-hybridized carbons (Fsp3) is 0.188. The number of carboxylic acids is 1. The minimum Gasteiger partial charge on any atom is -0.495 e. The van der Waals surface area contributed by atoms with Gasteiger partial charge in [0.2, 0.25) is 0 Å². The topological polar surface area (TPSA) is 128 Å². The van der Waals surface area contributed by atoms with Crippen LogP contribution in [0.5, 0.6) is 11.5 Å². The van der Waals surface area contributed by atoms with E-state index in [9.17, 15) is 4.79 Å². The fourth-order valence-electron chi connectivity index (χ4n) is 1.92. The molecule has 0 amide bonds. The number of carboxylic acid groups (broad SMARTS) is 1. The lowest BCUT2D eigenvalue weighted by Gasteiger charge is -2.09. The summed E-state index contributed by atoms with van der Waals surface area (Å²) >= 11 is 6.37. The molecule has 7 nitrogen and oxygen atoms in total. The number of halogens is 2. The van der Waals surface area contributed by atoms with Crippen molar-refractivity contribution in [3.05, 3.63) is 44.3 Å². The summed E-state index contributed by atoms with van der Waals surface area (Å²) in [6, 6.07) is 6.73. The van der Waals surface area contributed by atoms with E-state index >= 15 is 0 Å². The Labute approximate surface area is 161 Å². The van der Waals surface area contributed by atoms with Crippen LogP contribution in [0.2, 0.25) is 0 Å². The van der Waals surface area contributed by atoms with E-state index in [1.807, 2.05) is 0 Å². The Balaban J connectivity index is 0.000000251. The van der Waals surface area contributed by atoms with Crippen molar-refractivity contribution < 1.29 is 24.5 Å². The minimum atomic E-state index is -1.08. The average molecular weight is 478 g/mol. The lowest BCUT2D eigenvalue weighted by atomic mass is 10.1. The number of methoxy groups -OCH3 is 2. The number of ether oxygens (including phenoxy) is 2. The molecular formula is C16H18Br2N2O5. The van der Waals surface area contributed by atoms with Crippen molar-refractivity contribution in [1.82, 2.24) is 0 Å². The molecule has 0 fully saturated rings. The van der Waals surface area contributed by atoms with Crippen LogP contribution < -0.4 is 20.9 Å². The van der Waals surface area contributed by atoms with Crippen LogP contribution in [0.15, 0.2) is 33.2 Å². The Kier molecular flexibility index (Phi) is 8.01. The van der Waals surface area contributed by atoms with Crippen LogP contribution >= 0.6 is 31.9 Å². The normalized spacial score (nSPS) is 9.80. The molecule has 0 saturated carbocycles. The van der Waals surface area contributed by atoms with Gasteiger partial charge in [0.1, 0.15) is 17.1 Å². The quantitative estimate of drug-likeness (QED) is 0.497. The van der Waals surface area contributed by atoms with Gasteiger partial charge in [-0.1, -0.05) is 15.9 Å². The number of anilines is 2. The smallest absolute Gasteiger partial charge is 0.339 e. The summed E-state index contributed by atoms with van der Waals surface area (Å²) in [5, 5.41) is 17.8. The third kappa shape index (κ3) is 5.00. The number of aliphatic hydroxyl groups excluding tert-OH is 1. The molecule has 0 aliphatic heterocycles. The van der Waals surface area contributed by atoms with Gasteiger partial charge >= 0.3 is 5.97 Å². The van der Waals surface area contributed by atoms with Gasteiger partial charge in [0.05, 0.1) is 32.2 Å². The van der Waals surface area contributed by atoms with Gasteiger partial charge in [-0.05, 0) is 40.2 Å². The first-order valence-corrected chi connectivity index (χ1v) is 8.43. The van der Waals surface area contributed by atoms with Gasteiger partial charge in [-0.15, -0.1) is 0 Å². The summed E-state index contributed by atoms with van der Waals surface area (Å²) in [5.74, 6) is -0.133. The molecule has 9 heteroatoms. The van der Waals surface area contributed by atoms with E-state index < -0.39 is 5.97 Å². The predicted molar refractivity (Wildman–Crippen MR) is 103 cm³/mol. The van der Waals surface area contributed by atoms with E-state index in [4.69, 9.17) is 31.2 Å². The SMILES string of the molecule is COc1ccc(Br)c(C(=O)O)c1N.COc1ccc(Br)c(CO)c1N. The van der Waals surface area contributed by atoms with Crippen LogP contribution in [0.3, 0.4) is 0 Å². The number of benzene rings is 2. The highest BCUT2D eigenvalue weighted by molar-refractivity contribution is 9.10. The Bertz CT molecular complexity index is 769. The molecule has 0 saturated heterocycles. The lowest BCUT2D eigenvalue weighted by molar-refractivity contribution is 0.0696. The lowest BCUT2D eigenvalue weighted by Crippen LogP contribution is -2.05. The van der Waals surface area contributed by atoms with E-state index in [0.717, 1.165) is 4.47 Å². The van der Waals surface area contributed by atoms with Gasteiger partial charge in [0.25, 0.3) is 0 Å². The van der Waals surface area contributed by atoms with Gasteiger partial charge in [-0.3, -0.25) is 0 Å². The third-order valence-corrected chi connectivity index (χ3v) is 4.63. The standard InChI is InChI=1S/C8H8BrNO3.C8H10BrNO2/c1-13-5-3-2-4(9)6(7(5)10)8(11)12;1-12-7-3-2-6(9)5(4-11)8(7)10/h2-3H,10H2,1H3,(H,11,12);2-3,11H,4,10H2,1H3. The second-order valence-electron chi connectivity index (χ2n) is 4.64. The van der Waals surface area contributed by atoms with Crippen LogP contribution in [0.25, 0.3) is 0 Å². The number of nitrogens with two attached hydrogens (primary N) is 2. The van der Waals surface area contributed by atoms with E-state index in [1.54, 1.807) is 31.4 Å². The van der Waals surface area contributed by atoms with Crippen LogP contribution in [-0.4, -0.2) is 30.4 Å². The molecule has 0 aliphatic carbocycles. The van der Waals surface area contributed by atoms with Crippen molar-refractivity contribution >= 4 is 49.2 Å². The van der Waals surface area contributed by atoms with Gasteiger partial charge in [0, 0.05) is 14.5 Å². The van der Waals surface area contributed by atoms with Crippen LogP contribution in [0, 0.1) is 0 Å². The first-order valence-electron chi connectivity index (χ1n) is 6.85. The number of aliphatic hydroxyl groups is 1. The summed E-state index contributed by atoms with van der Waals surface area (Å²) in [5.41, 5.74) is 12.5. The highest BCUT2D eigenvalue weighted by atomic mass is 79.9. The number of aromatic carboxylic acids is 1. The second-order valence-corrected chi connectivity index (χ2v) is 6.35. The van der Waals surface area contributed by atoms with Gasteiger partial charge in [0.15, 0.2) is 0 Å². The maximum absolute atomic E-state index is 10.7. The van der Waals surface area contributed by atoms with Gasteiger partial charge < -0.3 is 31.2 Å². The van der Waals surface area contributed by atoms with Gasteiger partial charge in [-0.25, -0.2) is 4.79 Å². The van der Waals surface area contributed by atoms with E-state index in [-0.39, 0.29) is 17.9 Å². The number of hydrogen-bond acceptors (Lipinski definition) is 6. The van der Waals surface area contributed by atoms with Crippen molar-refractivity contribution in [1.29, 1.82) is 0 Å². The van der Waals surface area contributed by atoms with E-state index in [0.29, 0.717) is 27.2 Å². The number of nitrogen functional groups attached to an aromatic ring is 2. The summed E-state index contributed by atoms with van der Waals surface area (Å²) in [7, 11) is 2.98. The Morgan fingerprint density at radius 1 is 1.00 bits per heavy atom. The van der Waals surface area contributed by atoms with E-state index in [1.165, 1.54) is 7.11 Å². The summed E-state index contributed by atoms with van der Waals surface area (Å²) in [6.07, 6.45) is 0. The molecule has 0 heterocycles. The Hall–Kier alpha value is -1.97. The molecule has 6 N–H and O–H groups in total. The summed E-state index contributed by atoms with van der Waals surface area (Å²) in [6.45, 7) is -0.0936. The minimum absolute atomic E-state index is 0.0272. The van der Waals surface area contributed by atoms with E-state index in [2.05, 4.69) is 31.9 Å². The third-order valence-electron chi connectivity index (χ3n) is 3.23. The van der Waals surface area contributed by atoms with Crippen molar-refractivity contribution in [2.75, 3.05) is 25.7 Å². The van der Waals surface area contributed by atoms with Crippen molar-refractivity contribution in [2.24, 2.45) is 0 Å². The molecule has 25 heavy (non-hydrogen) atoms. The molecule has 2 rings (SSSR count). The summed E-state index contributed by atoms with van der Waals surface area (Å²) < 4.78 is 11.1. The molecular weight excluding hydrogens is 460 g/mol. The molecule has 2 aromatic rings. The largest absolute Gasteiger partial charge is 0.495 e. The molecule has 2 aromatic carbocycles. The molecule has 0 spiro atoms. The maximum Gasteiger partial charge on any atom is 0.339 e. The van der Waals surface area contributed by atoms with Crippen LogP contribution in [-0.2, 0) is 6.61 Å². The van der Waals surface area contributed by atoms with Crippen molar-refractivity contribution in [2.45, 2.75) is 6.61 Å². The van der Waals surface area contributed by atoms with Crippen molar-refractivity contribution in [3.8, 4) is 11.5 Å². The monoisotopic (exact) mass is 476 g/mol. The van der Waals surface area contributed by atoms with Crippen LogP contribution in [0.1, 0.15) is 15.9 Å². The zero-order valence-corrected chi connectivity index (χ0v) is 16.7. The maximum atomic E-state index is 10.7. The number of rotatable bonds is 4. The Morgan fingerprint density at radius 3 is 1.92 bits per heavy atom. The fourth-order valence-corrected chi connectivity index (χ4v) is 2.91. The molecule has 0 aromatic heterocycles. The summed E-state index contributed by atoms with van der Waals surface area (Å²) in [4.78, 5) is 10.7. The van der Waals surface area contributed by atoms with Crippen molar-refractivity contribution in [3.63, 3.8) is 0 Å². The highest BCUT2D eigenvalue weighted by Crippen LogP contribution is 2.31. The first-order chi connectivity index (χ1) is 11.8. The molecule has 0 bridgehead atoms. The second kappa shape index (κ2) is 9.50. The molecule has 0 unspecified atom stereocenters. The molecule has 0 radical (unpaired) electrons. The predicted octanol–water partition coefficient (Wildman–Crippen LogP) is 3.27. The first kappa shape index (κ1) is 21.1. The zero-order valence-electron chi connectivity index (χ0n) is 13.5.